The molecule has 5 rings (SSSR count). The van der Waals surface area contributed by atoms with Crippen LogP contribution < -0.4 is 5.73 Å². The molecule has 1 amide bonds. The van der Waals surface area contributed by atoms with Crippen LogP contribution >= 0.6 is 27.3 Å². The number of benzene rings is 1. The van der Waals surface area contributed by atoms with Crippen LogP contribution in [0.15, 0.2) is 64.0 Å². The first-order valence-electron chi connectivity index (χ1n) is 11.3. The van der Waals surface area contributed by atoms with Crippen molar-refractivity contribution in [2.24, 2.45) is 11.1 Å². The number of rotatable bonds is 7. The van der Waals surface area contributed by atoms with Gasteiger partial charge in [-0.25, -0.2) is 0 Å². The highest BCUT2D eigenvalue weighted by Gasteiger charge is 2.47. The number of hydrogen-bond acceptors (Lipinski definition) is 6. The first-order chi connectivity index (χ1) is 16.4. The topological polar surface area (TPSA) is 89.7 Å². The normalized spacial score (nSPS) is 27.0. The lowest BCUT2D eigenvalue weighted by molar-refractivity contribution is -0.135. The van der Waals surface area contributed by atoms with Gasteiger partial charge in [0, 0.05) is 28.0 Å². The molecule has 176 valence electrons. The van der Waals surface area contributed by atoms with Gasteiger partial charge in [0.15, 0.2) is 11.6 Å². The summed E-state index contributed by atoms with van der Waals surface area (Å²) in [5.41, 5.74) is 6.73. The van der Waals surface area contributed by atoms with Crippen molar-refractivity contribution in [2.45, 2.75) is 31.4 Å². The van der Waals surface area contributed by atoms with E-state index in [4.69, 9.17) is 10.5 Å². The Bertz CT molecular complexity index is 1190. The third kappa shape index (κ3) is 4.13. The van der Waals surface area contributed by atoms with Crippen molar-refractivity contribution in [3.05, 3.63) is 74.4 Å². The molecule has 2 saturated heterocycles. The maximum atomic E-state index is 14.0. The van der Waals surface area contributed by atoms with Gasteiger partial charge in [-0.1, -0.05) is 46.3 Å². The predicted molar refractivity (Wildman–Crippen MR) is 134 cm³/mol. The maximum absolute atomic E-state index is 14.0. The summed E-state index contributed by atoms with van der Waals surface area (Å²) in [6.45, 7) is 1.47. The van der Waals surface area contributed by atoms with Gasteiger partial charge >= 0.3 is 0 Å². The molecule has 2 aliphatic heterocycles. The van der Waals surface area contributed by atoms with E-state index in [9.17, 15) is 14.4 Å². The van der Waals surface area contributed by atoms with Gasteiger partial charge in [-0.05, 0) is 54.0 Å². The number of ether oxygens (including phenoxy) is 1. The number of allylic oxidation sites excluding steroid dienone is 2. The van der Waals surface area contributed by atoms with Crippen molar-refractivity contribution >= 4 is 50.3 Å². The van der Waals surface area contributed by atoms with Gasteiger partial charge in [0.05, 0.1) is 12.1 Å². The number of amides is 1. The number of thiophene rings is 1. The molecule has 1 aromatic heterocycles. The lowest BCUT2D eigenvalue weighted by Gasteiger charge is -2.32. The van der Waals surface area contributed by atoms with Gasteiger partial charge in [-0.2, -0.15) is 0 Å². The highest BCUT2D eigenvalue weighted by Crippen LogP contribution is 2.40. The SMILES string of the molecule is NC(=O)C1(Cc2ccc(Br)cc2)C=CC(c2cccs2)=C(CCN2CCC3OCC(=O)C32)C1=O. The van der Waals surface area contributed by atoms with E-state index in [0.717, 1.165) is 33.5 Å². The molecule has 8 heteroatoms. The molecule has 2 aromatic rings. The zero-order valence-corrected chi connectivity index (χ0v) is 20.9. The molecule has 0 spiro atoms. The highest BCUT2D eigenvalue weighted by atomic mass is 79.9. The molecule has 0 bridgehead atoms. The zero-order valence-electron chi connectivity index (χ0n) is 18.5. The molecular formula is C26H25BrN2O4S. The fraction of sp³-hybridized carbons (Fsp3) is 0.346. The van der Waals surface area contributed by atoms with Crippen molar-refractivity contribution in [2.75, 3.05) is 19.7 Å². The van der Waals surface area contributed by atoms with Crippen LogP contribution in [-0.4, -0.2) is 54.2 Å². The number of Topliss-reactive ketones (excluding diaryl/α,β-unsaturated/α-hetero) is 2. The fourth-order valence-electron chi connectivity index (χ4n) is 5.24. The summed E-state index contributed by atoms with van der Waals surface area (Å²) in [7, 11) is 0. The molecule has 6 nitrogen and oxygen atoms in total. The molecule has 2 N–H and O–H groups in total. The smallest absolute Gasteiger partial charge is 0.235 e. The molecule has 3 heterocycles. The number of likely N-dealkylation sites (tertiary alicyclic amines) is 1. The second kappa shape index (κ2) is 9.34. The minimum absolute atomic E-state index is 0.0534. The summed E-state index contributed by atoms with van der Waals surface area (Å²) in [6.07, 6.45) is 4.95. The monoisotopic (exact) mass is 540 g/mol. The standard InChI is InChI=1S/C26H25BrN2O4S/c27-17-5-3-16(4-6-17)14-26(25(28)32)10-7-18(22-2-1-13-34-22)19(24(26)31)8-11-29-12-9-21-23(29)20(30)15-33-21/h1-7,10,13,21,23H,8-9,11-12,14-15H2,(H2,28,32). The van der Waals surface area contributed by atoms with E-state index in [0.29, 0.717) is 18.5 Å². The second-order valence-corrected chi connectivity index (χ2v) is 10.9. The van der Waals surface area contributed by atoms with Gasteiger partial charge in [0.2, 0.25) is 5.91 Å². The number of ketones is 2. The van der Waals surface area contributed by atoms with E-state index in [1.165, 1.54) is 0 Å². The van der Waals surface area contributed by atoms with Crippen molar-refractivity contribution in [3.8, 4) is 0 Å². The van der Waals surface area contributed by atoms with E-state index in [2.05, 4.69) is 20.8 Å². The largest absolute Gasteiger partial charge is 0.369 e. The van der Waals surface area contributed by atoms with E-state index < -0.39 is 11.3 Å². The van der Waals surface area contributed by atoms with Gasteiger partial charge in [0.25, 0.3) is 0 Å². The van der Waals surface area contributed by atoms with Crippen LogP contribution in [0.3, 0.4) is 0 Å². The van der Waals surface area contributed by atoms with Crippen molar-refractivity contribution in [3.63, 3.8) is 0 Å². The Hall–Kier alpha value is -2.39. The first-order valence-corrected chi connectivity index (χ1v) is 13.0. The van der Waals surface area contributed by atoms with Crippen molar-refractivity contribution in [1.29, 1.82) is 0 Å². The third-order valence-corrected chi connectivity index (χ3v) is 8.46. The summed E-state index contributed by atoms with van der Waals surface area (Å²) in [5.74, 6) is -0.801. The van der Waals surface area contributed by atoms with Crippen LogP contribution in [0.25, 0.3) is 5.57 Å². The average molecular weight is 541 g/mol. The van der Waals surface area contributed by atoms with E-state index in [-0.39, 0.29) is 36.7 Å². The Morgan fingerprint density at radius 3 is 2.74 bits per heavy atom. The van der Waals surface area contributed by atoms with Crippen molar-refractivity contribution in [1.82, 2.24) is 4.90 Å². The summed E-state index contributed by atoms with van der Waals surface area (Å²) >= 11 is 4.98. The molecule has 2 fully saturated rings. The molecule has 3 unspecified atom stereocenters. The maximum Gasteiger partial charge on any atom is 0.235 e. The number of carbonyl (C=O) groups is 3. The molecule has 0 saturated carbocycles. The first kappa shape index (κ1) is 23.4. The van der Waals surface area contributed by atoms with Crippen LogP contribution in [0, 0.1) is 5.41 Å². The van der Waals surface area contributed by atoms with Gasteiger partial charge in [-0.3, -0.25) is 19.3 Å². The summed E-state index contributed by atoms with van der Waals surface area (Å²) in [4.78, 5) is 42.3. The van der Waals surface area contributed by atoms with Gasteiger partial charge in [-0.15, -0.1) is 11.3 Å². The molecule has 0 radical (unpaired) electrons. The predicted octanol–water partition coefficient (Wildman–Crippen LogP) is 3.55. The van der Waals surface area contributed by atoms with Crippen molar-refractivity contribution < 1.29 is 19.1 Å². The van der Waals surface area contributed by atoms with Crippen LogP contribution in [0.5, 0.6) is 0 Å². The molecular weight excluding hydrogens is 516 g/mol. The number of nitrogens with two attached hydrogens (primary N) is 1. The molecule has 1 aromatic carbocycles. The van der Waals surface area contributed by atoms with Crippen LogP contribution in [0.1, 0.15) is 23.3 Å². The fourth-order valence-corrected chi connectivity index (χ4v) is 6.28. The van der Waals surface area contributed by atoms with Crippen LogP contribution in [-0.2, 0) is 25.5 Å². The van der Waals surface area contributed by atoms with E-state index in [1.807, 2.05) is 47.9 Å². The summed E-state index contributed by atoms with van der Waals surface area (Å²) in [5, 5.41) is 1.97. The number of halogens is 1. The zero-order chi connectivity index (χ0) is 23.9. The second-order valence-electron chi connectivity index (χ2n) is 9.01. The number of hydrogen-bond donors (Lipinski definition) is 1. The Balaban J connectivity index is 1.47. The van der Waals surface area contributed by atoms with Crippen LogP contribution in [0.4, 0.5) is 0 Å². The van der Waals surface area contributed by atoms with Gasteiger partial charge < -0.3 is 10.5 Å². The Labute approximate surface area is 210 Å². The number of carbonyl (C=O) groups excluding carboxylic acids is 3. The Kier molecular flexibility index (Phi) is 6.41. The molecule has 3 atom stereocenters. The third-order valence-electron chi connectivity index (χ3n) is 7.03. The lowest BCUT2D eigenvalue weighted by atomic mass is 9.70. The minimum Gasteiger partial charge on any atom is -0.369 e. The summed E-state index contributed by atoms with van der Waals surface area (Å²) in [6, 6.07) is 11.3. The highest BCUT2D eigenvalue weighted by molar-refractivity contribution is 9.10. The Morgan fingerprint density at radius 1 is 1.24 bits per heavy atom. The quantitative estimate of drug-likeness (QED) is 0.542. The Morgan fingerprint density at radius 2 is 2.03 bits per heavy atom. The summed E-state index contributed by atoms with van der Waals surface area (Å²) < 4.78 is 6.53. The average Bonchev–Trinajstić information content (AvgIpc) is 3.56. The lowest BCUT2D eigenvalue weighted by Crippen LogP contribution is -2.47. The van der Waals surface area contributed by atoms with E-state index in [1.54, 1.807) is 17.4 Å². The number of nitrogens with zero attached hydrogens (tertiary/aromatic N) is 1. The van der Waals surface area contributed by atoms with Gasteiger partial charge in [0.1, 0.15) is 12.0 Å². The number of primary amides is 1. The van der Waals surface area contributed by atoms with Crippen LogP contribution in [0.2, 0.25) is 0 Å². The molecule has 1 aliphatic carbocycles. The van der Waals surface area contributed by atoms with E-state index >= 15 is 0 Å². The number of fused-ring (bicyclic) bond motifs is 1. The molecule has 3 aliphatic rings. The minimum atomic E-state index is -1.44. The molecule has 34 heavy (non-hydrogen) atoms.